The fraction of sp³-hybridized carbons (Fsp3) is 1.00. The zero-order valence-electron chi connectivity index (χ0n) is 11.1. The van der Waals surface area contributed by atoms with Crippen molar-refractivity contribution in [3.8, 4) is 0 Å². The molecule has 4 heteroatoms. The van der Waals surface area contributed by atoms with Crippen LogP contribution in [0.5, 0.6) is 0 Å². The molecular formula is C14H25NO3. The molecule has 3 aliphatic heterocycles. The van der Waals surface area contributed by atoms with Crippen LogP contribution in [0.2, 0.25) is 0 Å². The van der Waals surface area contributed by atoms with Gasteiger partial charge in [-0.15, -0.1) is 0 Å². The molecule has 0 radical (unpaired) electrons. The van der Waals surface area contributed by atoms with Gasteiger partial charge in [-0.05, 0) is 45.1 Å². The molecule has 4 atom stereocenters. The molecular weight excluding hydrogens is 230 g/mol. The highest BCUT2D eigenvalue weighted by molar-refractivity contribution is 4.88. The summed E-state index contributed by atoms with van der Waals surface area (Å²) in [4.78, 5) is 2.49. The Morgan fingerprint density at radius 2 is 2.17 bits per heavy atom. The van der Waals surface area contributed by atoms with E-state index < -0.39 is 0 Å². The van der Waals surface area contributed by atoms with Gasteiger partial charge in [0.15, 0.2) is 0 Å². The van der Waals surface area contributed by atoms with Gasteiger partial charge in [-0.3, -0.25) is 4.90 Å². The molecule has 3 fully saturated rings. The summed E-state index contributed by atoms with van der Waals surface area (Å²) in [6.45, 7) is 3.80. The first kappa shape index (κ1) is 12.9. The lowest BCUT2D eigenvalue weighted by atomic mass is 10.0. The summed E-state index contributed by atoms with van der Waals surface area (Å²) in [5.41, 5.74) is 0. The van der Waals surface area contributed by atoms with Crippen LogP contribution in [0.3, 0.4) is 0 Å². The van der Waals surface area contributed by atoms with Crippen molar-refractivity contribution in [2.24, 2.45) is 0 Å². The van der Waals surface area contributed by atoms with E-state index in [1.807, 2.05) is 0 Å². The quantitative estimate of drug-likeness (QED) is 0.819. The molecule has 3 heterocycles. The molecule has 0 amide bonds. The summed E-state index contributed by atoms with van der Waals surface area (Å²) in [6, 6.07) is 0.617. The summed E-state index contributed by atoms with van der Waals surface area (Å²) < 4.78 is 11.4. The maximum atomic E-state index is 10.2. The maximum absolute atomic E-state index is 10.2. The van der Waals surface area contributed by atoms with Crippen LogP contribution in [0.4, 0.5) is 0 Å². The van der Waals surface area contributed by atoms with E-state index in [9.17, 15) is 5.11 Å². The summed E-state index contributed by atoms with van der Waals surface area (Å²) >= 11 is 0. The van der Waals surface area contributed by atoms with E-state index in [2.05, 4.69) is 4.90 Å². The molecule has 4 nitrogen and oxygen atoms in total. The van der Waals surface area contributed by atoms with Crippen LogP contribution in [-0.4, -0.2) is 60.7 Å². The highest BCUT2D eigenvalue weighted by Gasteiger charge is 2.35. The fourth-order valence-corrected chi connectivity index (χ4v) is 3.49. The van der Waals surface area contributed by atoms with Crippen molar-refractivity contribution < 1.29 is 14.6 Å². The monoisotopic (exact) mass is 255 g/mol. The summed E-state index contributed by atoms with van der Waals surface area (Å²) in [5, 5.41) is 10.2. The maximum Gasteiger partial charge on any atom is 0.0961 e. The Balaban J connectivity index is 1.42. The Bertz CT molecular complexity index is 268. The van der Waals surface area contributed by atoms with Gasteiger partial charge in [0, 0.05) is 19.2 Å². The SMILES string of the molecule is OC(CCC1CCCO1)C1CN2CCCC2CO1. The molecule has 0 aliphatic carbocycles. The van der Waals surface area contributed by atoms with Crippen LogP contribution in [0, 0.1) is 0 Å². The zero-order chi connectivity index (χ0) is 12.4. The van der Waals surface area contributed by atoms with Gasteiger partial charge >= 0.3 is 0 Å². The molecule has 0 aromatic carbocycles. The predicted octanol–water partition coefficient (Wildman–Crippen LogP) is 1.17. The van der Waals surface area contributed by atoms with Crippen LogP contribution < -0.4 is 0 Å². The van der Waals surface area contributed by atoms with Crippen molar-refractivity contribution >= 4 is 0 Å². The first-order valence-electron chi connectivity index (χ1n) is 7.48. The lowest BCUT2D eigenvalue weighted by Gasteiger charge is -2.37. The van der Waals surface area contributed by atoms with Gasteiger partial charge in [-0.2, -0.15) is 0 Å². The molecule has 18 heavy (non-hydrogen) atoms. The number of aliphatic hydroxyl groups excluding tert-OH is 1. The number of hydrogen-bond donors (Lipinski definition) is 1. The summed E-state index contributed by atoms with van der Waals surface area (Å²) in [7, 11) is 0. The first-order chi connectivity index (χ1) is 8.83. The first-order valence-corrected chi connectivity index (χ1v) is 7.48. The zero-order valence-corrected chi connectivity index (χ0v) is 11.1. The second-order valence-electron chi connectivity index (χ2n) is 5.94. The van der Waals surface area contributed by atoms with Crippen molar-refractivity contribution in [3.05, 3.63) is 0 Å². The molecule has 0 bridgehead atoms. The smallest absolute Gasteiger partial charge is 0.0961 e. The Labute approximate surface area is 109 Å². The molecule has 0 aromatic rings. The van der Waals surface area contributed by atoms with Gasteiger partial charge < -0.3 is 14.6 Å². The number of fused-ring (bicyclic) bond motifs is 1. The van der Waals surface area contributed by atoms with Crippen LogP contribution in [0.1, 0.15) is 38.5 Å². The van der Waals surface area contributed by atoms with Gasteiger partial charge in [-0.25, -0.2) is 0 Å². The van der Waals surface area contributed by atoms with Gasteiger partial charge in [0.2, 0.25) is 0 Å². The van der Waals surface area contributed by atoms with Crippen LogP contribution >= 0.6 is 0 Å². The molecule has 3 aliphatic rings. The van der Waals surface area contributed by atoms with E-state index in [1.54, 1.807) is 0 Å². The molecule has 0 aromatic heterocycles. The molecule has 4 unspecified atom stereocenters. The Morgan fingerprint density at radius 3 is 3.00 bits per heavy atom. The van der Waals surface area contributed by atoms with Crippen molar-refractivity contribution in [1.82, 2.24) is 4.90 Å². The molecule has 0 saturated carbocycles. The minimum Gasteiger partial charge on any atom is -0.390 e. The third-order valence-electron chi connectivity index (χ3n) is 4.65. The number of aliphatic hydroxyl groups is 1. The van der Waals surface area contributed by atoms with E-state index in [1.165, 1.54) is 25.8 Å². The van der Waals surface area contributed by atoms with Gasteiger partial charge in [-0.1, -0.05) is 0 Å². The third-order valence-corrected chi connectivity index (χ3v) is 4.65. The number of ether oxygens (including phenoxy) is 2. The third kappa shape index (κ3) is 2.87. The van der Waals surface area contributed by atoms with Crippen LogP contribution in [-0.2, 0) is 9.47 Å². The van der Waals surface area contributed by atoms with E-state index in [-0.39, 0.29) is 12.2 Å². The average Bonchev–Trinajstić information content (AvgIpc) is 3.05. The van der Waals surface area contributed by atoms with Gasteiger partial charge in [0.05, 0.1) is 24.9 Å². The van der Waals surface area contributed by atoms with E-state index in [4.69, 9.17) is 9.47 Å². The van der Waals surface area contributed by atoms with E-state index >= 15 is 0 Å². The van der Waals surface area contributed by atoms with Gasteiger partial charge in [0.25, 0.3) is 0 Å². The number of rotatable bonds is 4. The van der Waals surface area contributed by atoms with Gasteiger partial charge in [0.1, 0.15) is 0 Å². The van der Waals surface area contributed by atoms with E-state index in [0.717, 1.165) is 39.0 Å². The normalized spacial score (nSPS) is 38.8. The highest BCUT2D eigenvalue weighted by Crippen LogP contribution is 2.25. The molecule has 104 valence electrons. The lowest BCUT2D eigenvalue weighted by molar-refractivity contribution is -0.106. The van der Waals surface area contributed by atoms with E-state index in [0.29, 0.717) is 12.1 Å². The van der Waals surface area contributed by atoms with Crippen LogP contribution in [0.15, 0.2) is 0 Å². The second kappa shape index (κ2) is 5.87. The van der Waals surface area contributed by atoms with Crippen LogP contribution in [0.25, 0.3) is 0 Å². The molecule has 3 saturated heterocycles. The highest BCUT2D eigenvalue weighted by atomic mass is 16.5. The predicted molar refractivity (Wildman–Crippen MR) is 68.5 cm³/mol. The standard InChI is InChI=1S/C14H25NO3/c16-13(6-5-12-4-2-8-17-12)14-9-15-7-1-3-11(15)10-18-14/h11-14,16H,1-10H2. The van der Waals surface area contributed by atoms with Crippen molar-refractivity contribution in [1.29, 1.82) is 0 Å². The second-order valence-corrected chi connectivity index (χ2v) is 5.94. The largest absolute Gasteiger partial charge is 0.390 e. The van der Waals surface area contributed by atoms with Crippen molar-refractivity contribution in [2.75, 3.05) is 26.3 Å². The molecule has 0 spiro atoms. The minimum absolute atomic E-state index is 0.0146. The Morgan fingerprint density at radius 1 is 1.22 bits per heavy atom. The van der Waals surface area contributed by atoms with Crippen molar-refractivity contribution in [2.45, 2.75) is 62.9 Å². The number of morpholine rings is 1. The molecule has 3 rings (SSSR count). The topological polar surface area (TPSA) is 41.9 Å². The lowest BCUT2D eigenvalue weighted by Crippen LogP contribution is -2.50. The number of nitrogens with zero attached hydrogens (tertiary/aromatic N) is 1. The molecule has 1 N–H and O–H groups in total. The Hall–Kier alpha value is -0.160. The average molecular weight is 255 g/mol. The number of hydrogen-bond acceptors (Lipinski definition) is 4. The summed E-state index contributed by atoms with van der Waals surface area (Å²) in [6.07, 6.45) is 6.74. The summed E-state index contributed by atoms with van der Waals surface area (Å²) in [5.74, 6) is 0. The minimum atomic E-state index is -0.323. The Kier molecular flexibility index (Phi) is 4.19. The van der Waals surface area contributed by atoms with Crippen molar-refractivity contribution in [3.63, 3.8) is 0 Å². The fourth-order valence-electron chi connectivity index (χ4n) is 3.49.